The van der Waals surface area contributed by atoms with Crippen molar-refractivity contribution in [1.82, 2.24) is 0 Å². The van der Waals surface area contributed by atoms with Crippen molar-refractivity contribution in [2.45, 2.75) is 51.4 Å². The van der Waals surface area contributed by atoms with Crippen LogP contribution in [0.15, 0.2) is 0 Å². The van der Waals surface area contributed by atoms with E-state index in [1.165, 1.54) is 51.4 Å². The third-order valence-electron chi connectivity index (χ3n) is 2.00. The first kappa shape index (κ1) is 12.8. The average Bonchev–Trinajstić information content (AvgIpc) is 1.79. The van der Waals surface area contributed by atoms with Crippen LogP contribution in [0.25, 0.3) is 0 Å². The molecule has 0 spiro atoms. The van der Waals surface area contributed by atoms with Crippen LogP contribution in [0.1, 0.15) is 51.4 Å². The Morgan fingerprint density at radius 1 is 0.462 bits per heavy atom. The zero-order chi connectivity index (χ0) is 10.2. The molecule has 0 bridgehead atoms. The van der Waals surface area contributed by atoms with Crippen molar-refractivity contribution >= 4 is 7.25 Å². The predicted octanol–water partition coefficient (Wildman–Crippen LogP) is 4.42. The molecule has 0 amide bonds. The fraction of sp³-hybridized carbons (Fsp3) is 1.00. The topological polar surface area (TPSA) is 0 Å². The Bertz CT molecular complexity index is 83.2. The van der Waals surface area contributed by atoms with E-state index in [1.54, 1.807) is 0 Å². The minimum absolute atomic E-state index is 1.50. The Hall–Kier alpha value is -0.215. The summed E-state index contributed by atoms with van der Waals surface area (Å²) >= 11 is 0. The van der Waals surface area contributed by atoms with Crippen molar-refractivity contribution in [3.05, 3.63) is 0 Å². The van der Waals surface area contributed by atoms with Gasteiger partial charge in [-0.05, 0) is 0 Å². The zero-order valence-electron chi connectivity index (χ0n) is 7.75. The summed E-state index contributed by atoms with van der Waals surface area (Å²) in [5.74, 6) is 0. The van der Waals surface area contributed by atoms with Crippen LogP contribution >= 0.6 is 0 Å². The van der Waals surface area contributed by atoms with Crippen molar-refractivity contribution in [1.29, 1.82) is 0 Å². The molecular weight excluding hydrogens is 183 g/mol. The van der Waals surface area contributed by atoms with Gasteiger partial charge < -0.3 is 17.3 Å². The second-order valence-corrected chi connectivity index (χ2v) is 3.32. The molecule has 0 atom stereocenters. The van der Waals surface area contributed by atoms with Gasteiger partial charge in [0.05, 0.1) is 0 Å². The van der Waals surface area contributed by atoms with E-state index < -0.39 is 7.25 Å². The van der Waals surface area contributed by atoms with Gasteiger partial charge in [-0.25, -0.2) is 0 Å². The van der Waals surface area contributed by atoms with Crippen LogP contribution in [0.4, 0.5) is 17.3 Å². The highest BCUT2D eigenvalue weighted by atomic mass is 19.5. The van der Waals surface area contributed by atoms with E-state index >= 15 is 0 Å². The first-order chi connectivity index (χ1) is 6.00. The lowest BCUT2D eigenvalue weighted by atomic mass is 10.0. The molecule has 80 valence electrons. The van der Waals surface area contributed by atoms with Gasteiger partial charge in [0.1, 0.15) is 0 Å². The van der Waals surface area contributed by atoms with Crippen molar-refractivity contribution in [3.63, 3.8) is 0 Å². The summed E-state index contributed by atoms with van der Waals surface area (Å²) in [4.78, 5) is 0. The average molecular weight is 199 g/mol. The van der Waals surface area contributed by atoms with Crippen LogP contribution < -0.4 is 0 Å². The van der Waals surface area contributed by atoms with Gasteiger partial charge in [0.15, 0.2) is 0 Å². The van der Waals surface area contributed by atoms with E-state index in [-0.39, 0.29) is 0 Å². The molecule has 1 saturated carbocycles. The molecule has 1 rings (SSSR count). The lowest BCUT2D eigenvalue weighted by molar-refractivity contribution is 0.368. The summed E-state index contributed by atoms with van der Waals surface area (Å²) in [6.45, 7) is 0. The number of hydrogen-bond acceptors (Lipinski definition) is 0. The van der Waals surface area contributed by atoms with Gasteiger partial charge in [-0.2, -0.15) is 0 Å². The molecule has 5 heteroatoms. The van der Waals surface area contributed by atoms with Gasteiger partial charge in [-0.3, -0.25) is 0 Å². The number of hydrogen-bond donors (Lipinski definition) is 0. The van der Waals surface area contributed by atoms with Crippen LogP contribution in [0.5, 0.6) is 0 Å². The molecule has 1 fully saturated rings. The van der Waals surface area contributed by atoms with Crippen LogP contribution in [0.2, 0.25) is 0 Å². The first-order valence-electron chi connectivity index (χ1n) is 4.87. The van der Waals surface area contributed by atoms with Crippen molar-refractivity contribution < 1.29 is 17.3 Å². The SMILES string of the molecule is C1CCCCCCC1.F[B-](F)(F)F. The smallest absolute Gasteiger partial charge is 0.418 e. The number of rotatable bonds is 0. The van der Waals surface area contributed by atoms with Crippen LogP contribution in [0.3, 0.4) is 0 Å². The van der Waals surface area contributed by atoms with Crippen LogP contribution in [-0.2, 0) is 0 Å². The number of halogens is 4. The molecule has 0 aliphatic heterocycles. The third-order valence-corrected chi connectivity index (χ3v) is 2.00. The zero-order valence-corrected chi connectivity index (χ0v) is 7.75. The Balaban J connectivity index is 0.000000252. The van der Waals surface area contributed by atoms with E-state index in [9.17, 15) is 17.3 Å². The molecule has 1 aliphatic carbocycles. The molecule has 0 saturated heterocycles. The molecule has 0 nitrogen and oxygen atoms in total. The van der Waals surface area contributed by atoms with E-state index in [0.717, 1.165) is 0 Å². The standard InChI is InChI=1S/C8H16.BF4/c1-2-4-6-8-7-5-3-1;2-1(3,4)5/h1-8H2;/q;-1. The Morgan fingerprint density at radius 3 is 0.615 bits per heavy atom. The van der Waals surface area contributed by atoms with Crippen molar-refractivity contribution in [2.24, 2.45) is 0 Å². The molecule has 1 aliphatic rings. The Labute approximate surface area is 76.8 Å². The summed E-state index contributed by atoms with van der Waals surface area (Å²) < 4.78 is 39.0. The second-order valence-electron chi connectivity index (χ2n) is 3.32. The molecule has 0 aromatic carbocycles. The lowest BCUT2D eigenvalue weighted by Crippen LogP contribution is -2.02. The van der Waals surface area contributed by atoms with Gasteiger partial charge in [-0.1, -0.05) is 51.4 Å². The molecule has 13 heavy (non-hydrogen) atoms. The molecule has 0 aromatic heterocycles. The molecule has 0 N–H and O–H groups in total. The predicted molar refractivity (Wildman–Crippen MR) is 47.1 cm³/mol. The fourth-order valence-electron chi connectivity index (χ4n) is 1.41. The van der Waals surface area contributed by atoms with E-state index in [0.29, 0.717) is 0 Å². The van der Waals surface area contributed by atoms with Crippen LogP contribution in [-0.4, -0.2) is 7.25 Å². The summed E-state index contributed by atoms with van der Waals surface area (Å²) in [7, 11) is -6.00. The van der Waals surface area contributed by atoms with Crippen molar-refractivity contribution in [3.8, 4) is 0 Å². The van der Waals surface area contributed by atoms with Crippen molar-refractivity contribution in [2.75, 3.05) is 0 Å². The molecular formula is C8H16BF4-. The van der Waals surface area contributed by atoms with E-state index in [2.05, 4.69) is 0 Å². The van der Waals surface area contributed by atoms with Gasteiger partial charge in [-0.15, -0.1) is 0 Å². The minimum Gasteiger partial charge on any atom is -0.418 e. The maximum atomic E-state index is 9.75. The molecule has 0 heterocycles. The van der Waals surface area contributed by atoms with Gasteiger partial charge in [0, 0.05) is 0 Å². The largest absolute Gasteiger partial charge is 0.673 e. The van der Waals surface area contributed by atoms with Gasteiger partial charge >= 0.3 is 7.25 Å². The summed E-state index contributed by atoms with van der Waals surface area (Å²) in [6.07, 6.45) is 12.0. The molecule has 0 unspecified atom stereocenters. The normalized spacial score (nSPS) is 19.4. The quantitative estimate of drug-likeness (QED) is 0.400. The summed E-state index contributed by atoms with van der Waals surface area (Å²) in [6, 6.07) is 0. The summed E-state index contributed by atoms with van der Waals surface area (Å²) in [5.41, 5.74) is 0. The fourth-order valence-corrected chi connectivity index (χ4v) is 1.41. The van der Waals surface area contributed by atoms with E-state index in [1.807, 2.05) is 0 Å². The monoisotopic (exact) mass is 199 g/mol. The highest BCUT2D eigenvalue weighted by Gasteiger charge is 2.20. The minimum atomic E-state index is -6.00. The highest BCUT2D eigenvalue weighted by molar-refractivity contribution is 6.50. The first-order valence-corrected chi connectivity index (χ1v) is 4.87. The van der Waals surface area contributed by atoms with Gasteiger partial charge in [0.2, 0.25) is 0 Å². The second kappa shape index (κ2) is 7.21. The van der Waals surface area contributed by atoms with Crippen LogP contribution in [0, 0.1) is 0 Å². The molecule has 0 aromatic rings. The maximum Gasteiger partial charge on any atom is 0.673 e. The highest BCUT2D eigenvalue weighted by Crippen LogP contribution is 2.15. The van der Waals surface area contributed by atoms with E-state index in [4.69, 9.17) is 0 Å². The maximum absolute atomic E-state index is 9.75. The summed E-state index contributed by atoms with van der Waals surface area (Å²) in [5, 5.41) is 0. The lowest BCUT2D eigenvalue weighted by Gasteiger charge is -2.05. The molecule has 0 radical (unpaired) electrons. The third kappa shape index (κ3) is 18.6. The Morgan fingerprint density at radius 2 is 0.538 bits per heavy atom. The van der Waals surface area contributed by atoms with Gasteiger partial charge in [0.25, 0.3) is 0 Å². The Kier molecular flexibility index (Phi) is 7.09.